The standard InChI is InChI=1S/C25H34FN6O6PS/c1-14(2)36-23(34)15(3)31-39(40,38-17-10-8-7-9-11-17)35-12-18-20(33)25(5,26)24(37-18)32-13-28-19-21(27-6)29-16(4)30-22(19)32/h7-11,13-15,18,20,24,33H,12H2,1-6H3,(H,31,40)(H,27,29,30)/t15-,18-,20-,24-,25-,39-/m1/s1. The predicted molar refractivity (Wildman–Crippen MR) is 150 cm³/mol. The number of fused-ring (bicyclic) bond motifs is 1. The molecule has 3 N–H and O–H groups in total. The van der Waals surface area contributed by atoms with Crippen LogP contribution in [0.2, 0.25) is 0 Å². The highest BCUT2D eigenvalue weighted by Gasteiger charge is 2.55. The Bertz CT molecular complexity index is 1390. The van der Waals surface area contributed by atoms with Crippen LogP contribution in [-0.4, -0.2) is 74.3 Å². The van der Waals surface area contributed by atoms with Gasteiger partial charge in [-0.2, -0.15) is 0 Å². The lowest BCUT2D eigenvalue weighted by Gasteiger charge is -2.28. The van der Waals surface area contributed by atoms with Gasteiger partial charge in [0.05, 0.1) is 19.0 Å². The Labute approximate surface area is 236 Å². The minimum atomic E-state index is -3.43. The Hall–Kier alpha value is -2.74. The van der Waals surface area contributed by atoms with Crippen LogP contribution >= 0.6 is 6.64 Å². The molecule has 12 nitrogen and oxygen atoms in total. The molecule has 1 fully saturated rings. The van der Waals surface area contributed by atoms with Gasteiger partial charge in [0.1, 0.15) is 29.8 Å². The van der Waals surface area contributed by atoms with E-state index < -0.39 is 42.8 Å². The van der Waals surface area contributed by atoms with Gasteiger partial charge in [0.15, 0.2) is 28.9 Å². The van der Waals surface area contributed by atoms with Gasteiger partial charge in [-0.15, -0.1) is 0 Å². The van der Waals surface area contributed by atoms with E-state index in [0.29, 0.717) is 28.6 Å². The summed E-state index contributed by atoms with van der Waals surface area (Å²) in [6, 6.07) is 7.83. The molecule has 1 aliphatic rings. The number of carbonyl (C=O) groups excluding carboxylic acids is 1. The number of aryl methyl sites for hydroxylation is 1. The Morgan fingerprint density at radius 2 is 2.00 bits per heavy atom. The van der Waals surface area contributed by atoms with Gasteiger partial charge in [-0.25, -0.2) is 24.4 Å². The lowest BCUT2D eigenvalue weighted by molar-refractivity contribution is -0.149. The van der Waals surface area contributed by atoms with Crippen molar-refractivity contribution in [3.63, 3.8) is 0 Å². The molecule has 218 valence electrons. The average molecular weight is 597 g/mol. The van der Waals surface area contributed by atoms with Crippen LogP contribution in [0.15, 0.2) is 36.7 Å². The highest BCUT2D eigenvalue weighted by Crippen LogP contribution is 2.48. The van der Waals surface area contributed by atoms with Gasteiger partial charge in [0.25, 0.3) is 0 Å². The smallest absolute Gasteiger partial charge is 0.323 e. The second-order valence-corrected chi connectivity index (χ2v) is 13.0. The number of nitrogens with zero attached hydrogens (tertiary/aromatic N) is 4. The van der Waals surface area contributed by atoms with E-state index in [1.165, 1.54) is 17.8 Å². The Kier molecular flexibility index (Phi) is 9.08. The number of nitrogens with one attached hydrogen (secondary N) is 2. The van der Waals surface area contributed by atoms with E-state index in [9.17, 15) is 9.90 Å². The highest BCUT2D eigenvalue weighted by atomic mass is 32.5. The van der Waals surface area contributed by atoms with Crippen LogP contribution in [0, 0.1) is 6.92 Å². The van der Waals surface area contributed by atoms with Crippen molar-refractivity contribution in [1.82, 2.24) is 24.6 Å². The number of hydrogen-bond acceptors (Lipinski definition) is 11. The number of hydrogen-bond donors (Lipinski definition) is 3. The molecule has 1 aliphatic heterocycles. The quantitative estimate of drug-likeness (QED) is 0.221. The molecule has 0 spiro atoms. The fourth-order valence-electron chi connectivity index (χ4n) is 4.23. The highest BCUT2D eigenvalue weighted by molar-refractivity contribution is 8.09. The number of rotatable bonds is 11. The van der Waals surface area contributed by atoms with Gasteiger partial charge in [-0.1, -0.05) is 18.2 Å². The van der Waals surface area contributed by atoms with Crippen LogP contribution in [0.4, 0.5) is 10.2 Å². The van der Waals surface area contributed by atoms with Crippen LogP contribution in [0.5, 0.6) is 5.75 Å². The van der Waals surface area contributed by atoms with E-state index >= 15 is 4.39 Å². The molecule has 0 unspecified atom stereocenters. The summed E-state index contributed by atoms with van der Waals surface area (Å²) in [6.45, 7) is 4.22. The third kappa shape index (κ3) is 6.42. The van der Waals surface area contributed by atoms with Gasteiger partial charge in [-0.05, 0) is 58.6 Å². The lowest BCUT2D eigenvalue weighted by Crippen LogP contribution is -2.41. The van der Waals surface area contributed by atoms with Gasteiger partial charge >= 0.3 is 12.6 Å². The number of carbonyl (C=O) groups is 1. The van der Waals surface area contributed by atoms with Gasteiger partial charge in [0, 0.05) is 7.05 Å². The number of aromatic nitrogens is 4. The molecule has 3 heterocycles. The summed E-state index contributed by atoms with van der Waals surface area (Å²) in [6.07, 6.45) is -2.94. The van der Waals surface area contributed by atoms with E-state index in [1.54, 1.807) is 59.0 Å². The van der Waals surface area contributed by atoms with Gasteiger partial charge in [-0.3, -0.25) is 9.36 Å². The molecule has 0 bridgehead atoms. The van der Waals surface area contributed by atoms with Crippen molar-refractivity contribution in [2.75, 3.05) is 19.0 Å². The van der Waals surface area contributed by atoms with Crippen LogP contribution in [0.1, 0.15) is 39.7 Å². The summed E-state index contributed by atoms with van der Waals surface area (Å²) in [5.74, 6) is 0.801. The number of ether oxygens (including phenoxy) is 2. The Balaban J connectivity index is 1.56. The molecular formula is C25H34FN6O6PS. The molecule has 0 aliphatic carbocycles. The molecular weight excluding hydrogens is 562 g/mol. The fraction of sp³-hybridized carbons (Fsp3) is 0.520. The molecule has 6 atom stereocenters. The third-order valence-corrected chi connectivity index (χ3v) is 8.67. The summed E-state index contributed by atoms with van der Waals surface area (Å²) in [7, 11) is 1.70. The number of aliphatic hydroxyl groups excluding tert-OH is 1. The first-order valence-corrected chi connectivity index (χ1v) is 15.4. The van der Waals surface area contributed by atoms with Gasteiger partial charge in [0.2, 0.25) is 0 Å². The Morgan fingerprint density at radius 3 is 2.65 bits per heavy atom. The summed E-state index contributed by atoms with van der Waals surface area (Å²) >= 11 is 5.72. The van der Waals surface area contributed by atoms with Crippen molar-refractivity contribution in [1.29, 1.82) is 0 Å². The predicted octanol–water partition coefficient (Wildman–Crippen LogP) is 3.41. The molecule has 40 heavy (non-hydrogen) atoms. The van der Waals surface area contributed by atoms with Gasteiger partial charge < -0.3 is 28.9 Å². The van der Waals surface area contributed by atoms with Crippen LogP contribution in [0.3, 0.4) is 0 Å². The molecule has 3 aromatic rings. The molecule has 0 saturated carbocycles. The number of esters is 1. The molecule has 4 rings (SSSR count). The van der Waals surface area contributed by atoms with Crippen LogP contribution in [0.25, 0.3) is 11.2 Å². The zero-order chi connectivity index (χ0) is 29.2. The number of alkyl halides is 1. The summed E-state index contributed by atoms with van der Waals surface area (Å²) < 4.78 is 40.7. The molecule has 15 heteroatoms. The number of imidazole rings is 1. The monoisotopic (exact) mass is 596 g/mol. The minimum absolute atomic E-state index is 0.329. The summed E-state index contributed by atoms with van der Waals surface area (Å²) in [4.78, 5) is 25.5. The second-order valence-electron chi connectivity index (χ2n) is 9.85. The summed E-state index contributed by atoms with van der Waals surface area (Å²) in [5, 5.41) is 16.8. The van der Waals surface area contributed by atoms with Crippen molar-refractivity contribution in [2.45, 2.75) is 70.9 Å². The molecule has 0 radical (unpaired) electrons. The first-order valence-electron chi connectivity index (χ1n) is 12.7. The van der Waals surface area contributed by atoms with E-state index in [2.05, 4.69) is 25.4 Å². The molecule has 0 amide bonds. The normalized spacial score (nSPS) is 25.1. The van der Waals surface area contributed by atoms with Crippen LogP contribution in [-0.2, 0) is 30.6 Å². The van der Waals surface area contributed by atoms with Crippen molar-refractivity contribution < 1.29 is 32.8 Å². The van der Waals surface area contributed by atoms with Crippen molar-refractivity contribution in [3.8, 4) is 5.75 Å². The van der Waals surface area contributed by atoms with E-state index in [4.69, 9.17) is 30.3 Å². The second kappa shape index (κ2) is 12.0. The van der Waals surface area contributed by atoms with Crippen molar-refractivity contribution >= 4 is 41.4 Å². The number of benzene rings is 1. The maximum Gasteiger partial charge on any atom is 0.323 e. The van der Waals surface area contributed by atoms with Crippen molar-refractivity contribution in [3.05, 3.63) is 42.5 Å². The zero-order valence-electron chi connectivity index (χ0n) is 23.1. The minimum Gasteiger partial charge on any atom is -0.462 e. The first-order chi connectivity index (χ1) is 18.8. The maximum absolute atomic E-state index is 16.0. The van der Waals surface area contributed by atoms with Crippen molar-refractivity contribution in [2.24, 2.45) is 0 Å². The van der Waals surface area contributed by atoms with E-state index in [-0.39, 0.29) is 12.7 Å². The maximum atomic E-state index is 16.0. The molecule has 2 aromatic heterocycles. The molecule has 1 saturated heterocycles. The fourth-order valence-corrected chi connectivity index (χ4v) is 6.65. The number of anilines is 1. The number of aliphatic hydroxyl groups is 1. The SMILES string of the molecule is CNc1nc(C)nc2c1ncn2[C@@H]1O[C@H](CO[P@](=S)(N[C@H](C)C(=O)OC(C)C)Oc2ccccc2)[C@@H](O)[C@@]1(C)F. The molecule has 1 aromatic carbocycles. The third-order valence-electron chi connectivity index (χ3n) is 6.17. The average Bonchev–Trinajstić information content (AvgIpc) is 3.40. The first kappa shape index (κ1) is 30.2. The zero-order valence-corrected chi connectivity index (χ0v) is 24.8. The summed E-state index contributed by atoms with van der Waals surface area (Å²) in [5.41, 5.74) is -1.47. The van der Waals surface area contributed by atoms with Crippen LogP contribution < -0.4 is 14.9 Å². The largest absolute Gasteiger partial charge is 0.462 e. The lowest BCUT2D eigenvalue weighted by atomic mass is 9.98. The number of halogens is 1. The van der Waals surface area contributed by atoms with E-state index in [1.807, 2.05) is 6.07 Å². The van der Waals surface area contributed by atoms with E-state index in [0.717, 1.165) is 0 Å². The topological polar surface area (TPSA) is 142 Å². The number of para-hydroxylation sites is 1. The Morgan fingerprint density at radius 1 is 1.30 bits per heavy atom.